The number of aromatic nitrogens is 1. The van der Waals surface area contributed by atoms with Crippen LogP contribution in [0, 0.1) is 0 Å². The first-order valence-corrected chi connectivity index (χ1v) is 4.58. The Balaban J connectivity index is 2.03. The van der Waals surface area contributed by atoms with Crippen LogP contribution in [0.3, 0.4) is 0 Å². The van der Waals surface area contributed by atoms with Crippen molar-refractivity contribution in [3.63, 3.8) is 0 Å². The van der Waals surface area contributed by atoms with Gasteiger partial charge in [-0.2, -0.15) is 0 Å². The lowest BCUT2D eigenvalue weighted by Gasteiger charge is -2.05. The van der Waals surface area contributed by atoms with Crippen LogP contribution in [0.1, 0.15) is 43.4 Å². The number of primary amides is 1. The number of amides is 1. The zero-order chi connectivity index (χ0) is 10.1. The second-order valence-corrected chi connectivity index (χ2v) is 3.46. The van der Waals surface area contributed by atoms with E-state index in [-0.39, 0.29) is 0 Å². The predicted octanol–water partition coefficient (Wildman–Crippen LogP) is 1.71. The molecule has 1 aliphatic rings. The highest BCUT2D eigenvalue weighted by molar-refractivity contribution is 5.64. The Morgan fingerprint density at radius 2 is 2.50 bits per heavy atom. The number of hydrogen-bond donors (Lipinski definition) is 1. The summed E-state index contributed by atoms with van der Waals surface area (Å²) in [6.45, 7) is 1.67. The fourth-order valence-corrected chi connectivity index (χ4v) is 1.28. The Kier molecular flexibility index (Phi) is 2.15. The molecule has 1 heterocycles. The molecule has 1 atom stereocenters. The van der Waals surface area contributed by atoms with E-state index in [2.05, 4.69) is 4.98 Å². The first-order chi connectivity index (χ1) is 6.66. The van der Waals surface area contributed by atoms with Crippen LogP contribution >= 0.6 is 0 Å². The molecule has 0 aliphatic heterocycles. The van der Waals surface area contributed by atoms with E-state index >= 15 is 0 Å². The first-order valence-electron chi connectivity index (χ1n) is 4.58. The summed E-state index contributed by atoms with van der Waals surface area (Å²) >= 11 is 0. The van der Waals surface area contributed by atoms with Gasteiger partial charge in [0.1, 0.15) is 6.26 Å². The normalized spacial score (nSPS) is 17.8. The summed E-state index contributed by atoms with van der Waals surface area (Å²) in [5.41, 5.74) is 5.82. The van der Waals surface area contributed by atoms with E-state index < -0.39 is 12.2 Å². The van der Waals surface area contributed by atoms with E-state index in [1.165, 1.54) is 0 Å². The van der Waals surface area contributed by atoms with Crippen molar-refractivity contribution in [2.75, 3.05) is 0 Å². The number of rotatable bonds is 3. The van der Waals surface area contributed by atoms with E-state index in [4.69, 9.17) is 14.9 Å². The molecule has 5 heteroatoms. The molecule has 1 fully saturated rings. The van der Waals surface area contributed by atoms with Gasteiger partial charge in [0, 0.05) is 5.92 Å². The van der Waals surface area contributed by atoms with E-state index in [1.54, 1.807) is 13.2 Å². The third-order valence-electron chi connectivity index (χ3n) is 2.18. The Morgan fingerprint density at radius 1 is 1.79 bits per heavy atom. The van der Waals surface area contributed by atoms with Crippen LogP contribution in [0.25, 0.3) is 0 Å². The lowest BCUT2D eigenvalue weighted by Crippen LogP contribution is -2.15. The van der Waals surface area contributed by atoms with Crippen molar-refractivity contribution in [2.24, 2.45) is 5.73 Å². The molecule has 0 spiro atoms. The molecule has 5 nitrogen and oxygen atoms in total. The molecule has 1 aromatic heterocycles. The second-order valence-electron chi connectivity index (χ2n) is 3.46. The third-order valence-corrected chi connectivity index (χ3v) is 2.18. The fourth-order valence-electron chi connectivity index (χ4n) is 1.28. The molecule has 2 rings (SSSR count). The molecule has 0 unspecified atom stereocenters. The van der Waals surface area contributed by atoms with Gasteiger partial charge in [-0.3, -0.25) is 0 Å². The van der Waals surface area contributed by atoms with Gasteiger partial charge in [0.2, 0.25) is 5.89 Å². The zero-order valence-electron chi connectivity index (χ0n) is 7.90. The van der Waals surface area contributed by atoms with Crippen LogP contribution in [-0.4, -0.2) is 11.1 Å². The zero-order valence-corrected chi connectivity index (χ0v) is 7.90. The molecule has 76 valence electrons. The highest BCUT2D eigenvalue weighted by Crippen LogP contribution is 2.39. The minimum atomic E-state index is -0.816. The standard InChI is InChI=1S/C9H12N2O3/c1-5(14-9(10)12)8-11-7(4-13-8)6-2-3-6/h4-6H,2-3H2,1H3,(H2,10,12)/t5-/m1/s1. The molecule has 0 bridgehead atoms. The maximum Gasteiger partial charge on any atom is 0.405 e. The number of carbonyl (C=O) groups is 1. The fraction of sp³-hybridized carbons (Fsp3) is 0.556. The summed E-state index contributed by atoms with van der Waals surface area (Å²) in [5, 5.41) is 0. The molecule has 14 heavy (non-hydrogen) atoms. The number of nitrogens with two attached hydrogens (primary N) is 1. The minimum Gasteiger partial charge on any atom is -0.445 e. The summed E-state index contributed by atoms with van der Waals surface area (Å²) < 4.78 is 9.92. The van der Waals surface area contributed by atoms with Gasteiger partial charge >= 0.3 is 6.09 Å². The van der Waals surface area contributed by atoms with E-state index in [9.17, 15) is 4.79 Å². The number of hydrogen-bond acceptors (Lipinski definition) is 4. The highest BCUT2D eigenvalue weighted by atomic mass is 16.6. The van der Waals surface area contributed by atoms with Crippen LogP contribution < -0.4 is 5.73 Å². The van der Waals surface area contributed by atoms with Crippen LogP contribution in [0.4, 0.5) is 4.79 Å². The SMILES string of the molecule is C[C@@H](OC(N)=O)c1nc(C2CC2)co1. The van der Waals surface area contributed by atoms with Gasteiger partial charge in [-0.05, 0) is 19.8 Å². The van der Waals surface area contributed by atoms with Gasteiger partial charge in [0.25, 0.3) is 0 Å². The van der Waals surface area contributed by atoms with Gasteiger partial charge in [-0.25, -0.2) is 9.78 Å². The summed E-state index contributed by atoms with van der Waals surface area (Å²) in [4.78, 5) is 14.7. The molecule has 0 saturated heterocycles. The minimum absolute atomic E-state index is 0.408. The van der Waals surface area contributed by atoms with Crippen LogP contribution in [0.15, 0.2) is 10.7 Å². The van der Waals surface area contributed by atoms with Crippen molar-refractivity contribution in [1.29, 1.82) is 0 Å². The number of carbonyl (C=O) groups excluding carboxylic acids is 1. The average molecular weight is 196 g/mol. The lowest BCUT2D eigenvalue weighted by molar-refractivity contribution is 0.100. The van der Waals surface area contributed by atoms with Crippen molar-refractivity contribution in [3.05, 3.63) is 17.8 Å². The van der Waals surface area contributed by atoms with Gasteiger partial charge in [0.15, 0.2) is 6.10 Å². The number of ether oxygens (including phenoxy) is 1. The summed E-state index contributed by atoms with van der Waals surface area (Å²) in [6.07, 6.45) is 2.62. The van der Waals surface area contributed by atoms with Crippen molar-refractivity contribution >= 4 is 6.09 Å². The molecular formula is C9H12N2O3. The van der Waals surface area contributed by atoms with Crippen molar-refractivity contribution in [2.45, 2.75) is 31.8 Å². The first kappa shape index (κ1) is 9.05. The smallest absolute Gasteiger partial charge is 0.405 e. The molecule has 2 N–H and O–H groups in total. The van der Waals surface area contributed by atoms with Crippen molar-refractivity contribution in [3.8, 4) is 0 Å². The van der Waals surface area contributed by atoms with Crippen LogP contribution in [0.5, 0.6) is 0 Å². The summed E-state index contributed by atoms with van der Waals surface area (Å²) in [7, 11) is 0. The maximum atomic E-state index is 10.5. The third kappa shape index (κ3) is 1.86. The Bertz CT molecular complexity index is 344. The van der Waals surface area contributed by atoms with E-state index in [0.29, 0.717) is 11.8 Å². The molecule has 0 aromatic carbocycles. The Hall–Kier alpha value is -1.52. The van der Waals surface area contributed by atoms with Crippen molar-refractivity contribution in [1.82, 2.24) is 4.98 Å². The molecule has 1 saturated carbocycles. The topological polar surface area (TPSA) is 78.4 Å². The second kappa shape index (κ2) is 3.32. The monoisotopic (exact) mass is 196 g/mol. The largest absolute Gasteiger partial charge is 0.445 e. The summed E-state index contributed by atoms with van der Waals surface area (Å²) in [6, 6.07) is 0. The highest BCUT2D eigenvalue weighted by Gasteiger charge is 2.28. The van der Waals surface area contributed by atoms with E-state index in [1.807, 2.05) is 0 Å². The molecule has 0 radical (unpaired) electrons. The Morgan fingerprint density at radius 3 is 3.07 bits per heavy atom. The molecule has 1 aliphatic carbocycles. The van der Waals surface area contributed by atoms with Crippen molar-refractivity contribution < 1.29 is 13.9 Å². The van der Waals surface area contributed by atoms with Crippen LogP contribution in [0.2, 0.25) is 0 Å². The quantitative estimate of drug-likeness (QED) is 0.798. The van der Waals surface area contributed by atoms with Gasteiger partial charge in [-0.15, -0.1) is 0 Å². The lowest BCUT2D eigenvalue weighted by atomic mass is 10.3. The van der Waals surface area contributed by atoms with Crippen LogP contribution in [-0.2, 0) is 4.74 Å². The molecular weight excluding hydrogens is 184 g/mol. The average Bonchev–Trinajstić information content (AvgIpc) is 2.82. The maximum absolute atomic E-state index is 10.5. The van der Waals surface area contributed by atoms with Gasteiger partial charge in [-0.1, -0.05) is 0 Å². The molecule has 1 aromatic rings. The summed E-state index contributed by atoms with van der Waals surface area (Å²) in [5.74, 6) is 0.943. The Labute approximate surface area is 81.2 Å². The van der Waals surface area contributed by atoms with E-state index in [0.717, 1.165) is 18.5 Å². The number of oxazole rings is 1. The predicted molar refractivity (Wildman–Crippen MR) is 47.6 cm³/mol. The van der Waals surface area contributed by atoms with Gasteiger partial charge < -0.3 is 14.9 Å². The van der Waals surface area contributed by atoms with Gasteiger partial charge in [0.05, 0.1) is 5.69 Å². The molecule has 1 amide bonds. The number of nitrogens with zero attached hydrogens (tertiary/aromatic N) is 1.